The van der Waals surface area contributed by atoms with Crippen LogP contribution >= 0.6 is 0 Å². The van der Waals surface area contributed by atoms with Crippen LogP contribution in [0.2, 0.25) is 0 Å². The van der Waals surface area contributed by atoms with E-state index < -0.39 is 0 Å². The molecule has 0 unspecified atom stereocenters. The molecule has 0 aliphatic carbocycles. The van der Waals surface area contributed by atoms with Gasteiger partial charge in [-0.15, -0.1) is 0 Å². The lowest BCUT2D eigenvalue weighted by Crippen LogP contribution is -2.24. The molecule has 0 bridgehead atoms. The maximum Gasteiger partial charge on any atom is 0.244 e. The van der Waals surface area contributed by atoms with E-state index in [1.807, 2.05) is 14.0 Å². The van der Waals surface area contributed by atoms with Crippen LogP contribution in [-0.4, -0.2) is 34.7 Å². The Morgan fingerprint density at radius 2 is 2.38 bits per heavy atom. The maximum atomic E-state index is 5.83. The summed E-state index contributed by atoms with van der Waals surface area (Å²) in [6, 6.07) is 0.429. The molecule has 0 amide bonds. The van der Waals surface area contributed by atoms with Crippen molar-refractivity contribution in [3.8, 4) is 0 Å². The highest BCUT2D eigenvalue weighted by Crippen LogP contribution is 2.28. The van der Waals surface area contributed by atoms with Gasteiger partial charge in [0.05, 0.1) is 6.04 Å². The van der Waals surface area contributed by atoms with Crippen molar-refractivity contribution in [3.05, 3.63) is 11.7 Å². The fourth-order valence-electron chi connectivity index (χ4n) is 1.78. The van der Waals surface area contributed by atoms with Crippen LogP contribution in [-0.2, 0) is 0 Å². The van der Waals surface area contributed by atoms with Crippen LogP contribution in [0.15, 0.2) is 4.52 Å². The van der Waals surface area contributed by atoms with Crippen LogP contribution in [0.25, 0.3) is 0 Å². The number of aromatic nitrogens is 2. The number of likely N-dealkylation sites (tertiary alicyclic amines) is 1. The molecule has 2 heterocycles. The summed E-state index contributed by atoms with van der Waals surface area (Å²) in [5.74, 6) is 1.37. The molecule has 72 valence electrons. The predicted molar refractivity (Wildman–Crippen MR) is 47.0 cm³/mol. The van der Waals surface area contributed by atoms with E-state index in [1.54, 1.807) is 0 Å². The second kappa shape index (κ2) is 3.08. The Balaban J connectivity index is 2.17. The van der Waals surface area contributed by atoms with Crippen LogP contribution < -0.4 is 5.73 Å². The van der Waals surface area contributed by atoms with Gasteiger partial charge in [0.15, 0.2) is 5.82 Å². The summed E-state index contributed by atoms with van der Waals surface area (Å²) in [7, 11) is 2.02. The second-order valence-corrected chi connectivity index (χ2v) is 3.63. The van der Waals surface area contributed by atoms with E-state index in [2.05, 4.69) is 15.0 Å². The fourth-order valence-corrected chi connectivity index (χ4v) is 1.78. The molecular weight excluding hydrogens is 168 g/mol. The zero-order chi connectivity index (χ0) is 9.42. The molecule has 2 rings (SSSR count). The Bertz CT molecular complexity index is 298. The smallest absolute Gasteiger partial charge is 0.244 e. The van der Waals surface area contributed by atoms with Gasteiger partial charge in [0.25, 0.3) is 0 Å². The summed E-state index contributed by atoms with van der Waals surface area (Å²) in [5.41, 5.74) is 5.83. The average Bonchev–Trinajstić information content (AvgIpc) is 2.58. The molecule has 0 saturated carbocycles. The first kappa shape index (κ1) is 8.65. The molecule has 0 aromatic carbocycles. The monoisotopic (exact) mass is 182 g/mol. The molecular formula is C8H14N4O. The Morgan fingerprint density at radius 1 is 1.62 bits per heavy atom. The lowest BCUT2D eigenvalue weighted by molar-refractivity contribution is 0.244. The fraction of sp³-hybridized carbons (Fsp3) is 0.750. The molecule has 0 spiro atoms. The molecule has 2 atom stereocenters. The standard InChI is InChI=1S/C8H14N4O/c1-5-10-8(13-11-5)7-3-6(9)4-12(7)2/h6-7H,3-4,9H2,1-2H3/t6-,7+/m0/s1. The van der Waals surface area contributed by atoms with Gasteiger partial charge in [-0.3, -0.25) is 4.90 Å². The number of nitrogens with zero attached hydrogens (tertiary/aromatic N) is 3. The normalized spacial score (nSPS) is 29.8. The van der Waals surface area contributed by atoms with Gasteiger partial charge in [0.1, 0.15) is 0 Å². The third kappa shape index (κ3) is 1.57. The highest BCUT2D eigenvalue weighted by molar-refractivity contribution is 4.98. The van der Waals surface area contributed by atoms with Crippen LogP contribution in [0.3, 0.4) is 0 Å². The SMILES string of the molecule is Cc1noc([C@H]2C[C@H](N)CN2C)n1. The Morgan fingerprint density at radius 3 is 2.85 bits per heavy atom. The first-order valence-electron chi connectivity index (χ1n) is 4.43. The van der Waals surface area contributed by atoms with E-state index in [9.17, 15) is 0 Å². The van der Waals surface area contributed by atoms with Gasteiger partial charge in [-0.2, -0.15) is 4.98 Å². The molecule has 1 aromatic rings. The van der Waals surface area contributed by atoms with E-state index in [4.69, 9.17) is 10.3 Å². The van der Waals surface area contributed by atoms with Gasteiger partial charge in [0.2, 0.25) is 5.89 Å². The summed E-state index contributed by atoms with van der Waals surface area (Å²) in [5, 5.41) is 3.77. The average molecular weight is 182 g/mol. The van der Waals surface area contributed by atoms with E-state index in [0.717, 1.165) is 13.0 Å². The summed E-state index contributed by atoms with van der Waals surface area (Å²) < 4.78 is 5.11. The molecule has 5 nitrogen and oxygen atoms in total. The summed E-state index contributed by atoms with van der Waals surface area (Å²) in [6.07, 6.45) is 0.901. The number of hydrogen-bond acceptors (Lipinski definition) is 5. The highest BCUT2D eigenvalue weighted by atomic mass is 16.5. The summed E-state index contributed by atoms with van der Waals surface area (Å²) >= 11 is 0. The quantitative estimate of drug-likeness (QED) is 0.666. The van der Waals surface area contributed by atoms with Crippen molar-refractivity contribution in [1.82, 2.24) is 15.0 Å². The minimum absolute atomic E-state index is 0.205. The van der Waals surface area contributed by atoms with Crippen molar-refractivity contribution >= 4 is 0 Å². The number of nitrogens with two attached hydrogens (primary N) is 1. The second-order valence-electron chi connectivity index (χ2n) is 3.63. The van der Waals surface area contributed by atoms with Crippen molar-refractivity contribution in [2.24, 2.45) is 5.73 Å². The molecule has 2 N–H and O–H groups in total. The Labute approximate surface area is 76.9 Å². The van der Waals surface area contributed by atoms with Gasteiger partial charge in [-0.25, -0.2) is 0 Å². The minimum Gasteiger partial charge on any atom is -0.338 e. The highest BCUT2D eigenvalue weighted by Gasteiger charge is 2.32. The Hall–Kier alpha value is -0.940. The lowest BCUT2D eigenvalue weighted by atomic mass is 10.2. The molecule has 13 heavy (non-hydrogen) atoms. The van der Waals surface area contributed by atoms with Crippen molar-refractivity contribution in [2.75, 3.05) is 13.6 Å². The van der Waals surface area contributed by atoms with E-state index >= 15 is 0 Å². The third-order valence-corrected chi connectivity index (χ3v) is 2.41. The molecule has 1 aliphatic rings. The van der Waals surface area contributed by atoms with Crippen molar-refractivity contribution < 1.29 is 4.52 Å². The Kier molecular flexibility index (Phi) is 2.05. The summed E-state index contributed by atoms with van der Waals surface area (Å²) in [6.45, 7) is 2.72. The van der Waals surface area contributed by atoms with Gasteiger partial charge in [-0.1, -0.05) is 5.16 Å². The largest absolute Gasteiger partial charge is 0.338 e. The topological polar surface area (TPSA) is 68.2 Å². The maximum absolute atomic E-state index is 5.83. The molecule has 1 aromatic heterocycles. The number of hydrogen-bond donors (Lipinski definition) is 1. The number of aryl methyl sites for hydroxylation is 1. The first-order valence-corrected chi connectivity index (χ1v) is 4.43. The van der Waals surface area contributed by atoms with Gasteiger partial charge >= 0.3 is 0 Å². The number of likely N-dealkylation sites (N-methyl/N-ethyl adjacent to an activating group) is 1. The zero-order valence-electron chi connectivity index (χ0n) is 7.90. The van der Waals surface area contributed by atoms with Gasteiger partial charge in [-0.05, 0) is 20.4 Å². The van der Waals surface area contributed by atoms with Crippen molar-refractivity contribution in [3.63, 3.8) is 0 Å². The van der Waals surface area contributed by atoms with Crippen LogP contribution in [0.1, 0.15) is 24.2 Å². The first-order chi connectivity index (χ1) is 6.16. The van der Waals surface area contributed by atoms with Gasteiger partial charge < -0.3 is 10.3 Å². The predicted octanol–water partition coefficient (Wildman–Crippen LogP) is 0.0819. The van der Waals surface area contributed by atoms with Crippen LogP contribution in [0.5, 0.6) is 0 Å². The van der Waals surface area contributed by atoms with Crippen LogP contribution in [0, 0.1) is 6.92 Å². The minimum atomic E-state index is 0.205. The molecule has 1 saturated heterocycles. The van der Waals surface area contributed by atoms with E-state index in [-0.39, 0.29) is 12.1 Å². The van der Waals surface area contributed by atoms with Crippen LogP contribution in [0.4, 0.5) is 0 Å². The zero-order valence-corrected chi connectivity index (χ0v) is 7.90. The third-order valence-electron chi connectivity index (χ3n) is 2.41. The van der Waals surface area contributed by atoms with Gasteiger partial charge in [0, 0.05) is 12.6 Å². The summed E-state index contributed by atoms with van der Waals surface area (Å²) in [4.78, 5) is 6.35. The van der Waals surface area contributed by atoms with E-state index in [0.29, 0.717) is 11.7 Å². The van der Waals surface area contributed by atoms with Crippen molar-refractivity contribution in [1.29, 1.82) is 0 Å². The lowest BCUT2D eigenvalue weighted by Gasteiger charge is -2.13. The molecule has 0 radical (unpaired) electrons. The van der Waals surface area contributed by atoms with Crippen molar-refractivity contribution in [2.45, 2.75) is 25.4 Å². The molecule has 1 fully saturated rings. The molecule has 5 heteroatoms. The number of rotatable bonds is 1. The van der Waals surface area contributed by atoms with E-state index in [1.165, 1.54) is 0 Å². The molecule has 1 aliphatic heterocycles.